The largest absolute Gasteiger partial charge is 0.465 e. The minimum atomic E-state index is -0.360. The summed E-state index contributed by atoms with van der Waals surface area (Å²) in [5.41, 5.74) is 0.806. The fraction of sp³-hybridized carbons (Fsp3) is 0.500. The Morgan fingerprint density at radius 2 is 2.16 bits per heavy atom. The SMILES string of the molecule is CCCN(CC(=O)OCC)Cc1ccc(F)cc1Cl. The summed E-state index contributed by atoms with van der Waals surface area (Å²) in [4.78, 5) is 13.4. The molecular formula is C14H19ClFNO2. The van der Waals surface area contributed by atoms with Crippen molar-refractivity contribution in [2.45, 2.75) is 26.8 Å². The first-order chi connectivity index (χ1) is 9.06. The van der Waals surface area contributed by atoms with E-state index >= 15 is 0 Å². The number of hydrogen-bond acceptors (Lipinski definition) is 3. The smallest absolute Gasteiger partial charge is 0.320 e. The van der Waals surface area contributed by atoms with Crippen molar-refractivity contribution < 1.29 is 13.9 Å². The minimum Gasteiger partial charge on any atom is -0.465 e. The average Bonchev–Trinajstić information content (AvgIpc) is 2.33. The minimum absolute atomic E-state index is 0.218. The topological polar surface area (TPSA) is 29.5 Å². The predicted molar refractivity (Wildman–Crippen MR) is 73.6 cm³/mol. The van der Waals surface area contributed by atoms with Crippen LogP contribution in [0.4, 0.5) is 4.39 Å². The van der Waals surface area contributed by atoms with Gasteiger partial charge in [0, 0.05) is 11.6 Å². The van der Waals surface area contributed by atoms with Gasteiger partial charge in [0.15, 0.2) is 0 Å². The molecule has 0 bridgehead atoms. The summed E-state index contributed by atoms with van der Waals surface area (Å²) in [6.07, 6.45) is 0.915. The van der Waals surface area contributed by atoms with E-state index in [0.29, 0.717) is 18.2 Å². The molecule has 19 heavy (non-hydrogen) atoms. The van der Waals surface area contributed by atoms with Crippen molar-refractivity contribution in [3.8, 4) is 0 Å². The zero-order chi connectivity index (χ0) is 14.3. The van der Waals surface area contributed by atoms with E-state index in [4.69, 9.17) is 16.3 Å². The van der Waals surface area contributed by atoms with Gasteiger partial charge in [-0.2, -0.15) is 0 Å². The molecule has 0 N–H and O–H groups in total. The lowest BCUT2D eigenvalue weighted by molar-refractivity contribution is -0.144. The van der Waals surface area contributed by atoms with E-state index in [1.807, 2.05) is 11.8 Å². The van der Waals surface area contributed by atoms with Crippen molar-refractivity contribution in [1.29, 1.82) is 0 Å². The molecule has 0 heterocycles. The fourth-order valence-corrected chi connectivity index (χ4v) is 2.04. The Balaban J connectivity index is 2.69. The normalized spacial score (nSPS) is 10.8. The van der Waals surface area contributed by atoms with Crippen molar-refractivity contribution in [1.82, 2.24) is 4.90 Å². The van der Waals surface area contributed by atoms with Gasteiger partial charge in [-0.05, 0) is 37.6 Å². The molecule has 0 atom stereocenters. The van der Waals surface area contributed by atoms with Crippen LogP contribution in [0.1, 0.15) is 25.8 Å². The molecule has 1 aromatic rings. The van der Waals surface area contributed by atoms with Crippen molar-refractivity contribution in [2.75, 3.05) is 19.7 Å². The third kappa shape index (κ3) is 5.57. The number of halogens is 2. The van der Waals surface area contributed by atoms with Gasteiger partial charge >= 0.3 is 5.97 Å². The molecule has 3 nitrogen and oxygen atoms in total. The van der Waals surface area contributed by atoms with Gasteiger partial charge < -0.3 is 4.74 Å². The van der Waals surface area contributed by atoms with E-state index in [-0.39, 0.29) is 18.3 Å². The van der Waals surface area contributed by atoms with Crippen LogP contribution in [-0.4, -0.2) is 30.6 Å². The molecule has 0 aliphatic heterocycles. The second-order valence-electron chi connectivity index (χ2n) is 4.25. The lowest BCUT2D eigenvalue weighted by Crippen LogP contribution is -2.31. The van der Waals surface area contributed by atoms with E-state index in [1.165, 1.54) is 12.1 Å². The quantitative estimate of drug-likeness (QED) is 0.721. The number of esters is 1. The van der Waals surface area contributed by atoms with Crippen LogP contribution in [-0.2, 0) is 16.1 Å². The van der Waals surface area contributed by atoms with Gasteiger partial charge in [-0.1, -0.05) is 24.6 Å². The Bertz CT molecular complexity index is 426. The van der Waals surface area contributed by atoms with Gasteiger partial charge in [-0.3, -0.25) is 9.69 Å². The van der Waals surface area contributed by atoms with Crippen LogP contribution in [0, 0.1) is 5.82 Å². The van der Waals surface area contributed by atoms with Crippen LogP contribution in [0.5, 0.6) is 0 Å². The predicted octanol–water partition coefficient (Wildman–Crippen LogP) is 3.25. The molecule has 0 fully saturated rings. The Kier molecular flexibility index (Phi) is 6.81. The molecule has 0 aromatic heterocycles. The maximum absolute atomic E-state index is 13.0. The molecule has 0 spiro atoms. The first-order valence-electron chi connectivity index (χ1n) is 6.38. The van der Waals surface area contributed by atoms with Gasteiger partial charge in [0.1, 0.15) is 5.82 Å². The standard InChI is InChI=1S/C14H19ClFNO2/c1-3-7-17(10-14(18)19-4-2)9-11-5-6-12(16)8-13(11)15/h5-6,8H,3-4,7,9-10H2,1-2H3. The second-order valence-corrected chi connectivity index (χ2v) is 4.66. The zero-order valence-electron chi connectivity index (χ0n) is 11.3. The summed E-state index contributed by atoms with van der Waals surface area (Å²) in [5.74, 6) is -0.615. The maximum Gasteiger partial charge on any atom is 0.320 e. The first kappa shape index (κ1) is 15.9. The number of nitrogens with zero attached hydrogens (tertiary/aromatic N) is 1. The van der Waals surface area contributed by atoms with Gasteiger partial charge in [0.25, 0.3) is 0 Å². The van der Waals surface area contributed by atoms with E-state index < -0.39 is 0 Å². The van der Waals surface area contributed by atoms with Crippen LogP contribution in [0.2, 0.25) is 5.02 Å². The fourth-order valence-electron chi connectivity index (χ4n) is 1.81. The molecular weight excluding hydrogens is 269 g/mol. The molecule has 0 amide bonds. The van der Waals surface area contributed by atoms with Crippen LogP contribution in [0.25, 0.3) is 0 Å². The molecule has 0 unspecified atom stereocenters. The summed E-state index contributed by atoms with van der Waals surface area (Å²) in [6.45, 7) is 5.66. The summed E-state index contributed by atoms with van der Waals surface area (Å²) in [7, 11) is 0. The molecule has 106 valence electrons. The Morgan fingerprint density at radius 3 is 2.74 bits per heavy atom. The summed E-state index contributed by atoms with van der Waals surface area (Å²) >= 11 is 5.99. The highest BCUT2D eigenvalue weighted by Gasteiger charge is 2.13. The summed E-state index contributed by atoms with van der Waals surface area (Å²) < 4.78 is 17.9. The second kappa shape index (κ2) is 8.12. The summed E-state index contributed by atoms with van der Waals surface area (Å²) in [5, 5.41) is 0.380. The third-order valence-electron chi connectivity index (χ3n) is 2.61. The highest BCUT2D eigenvalue weighted by atomic mass is 35.5. The average molecular weight is 288 g/mol. The van der Waals surface area contributed by atoms with Crippen molar-refractivity contribution in [3.63, 3.8) is 0 Å². The van der Waals surface area contributed by atoms with Crippen LogP contribution in [0.15, 0.2) is 18.2 Å². The van der Waals surface area contributed by atoms with E-state index in [1.54, 1.807) is 13.0 Å². The lowest BCUT2D eigenvalue weighted by Gasteiger charge is -2.21. The molecule has 0 aliphatic rings. The first-order valence-corrected chi connectivity index (χ1v) is 6.76. The number of carbonyl (C=O) groups excluding carboxylic acids is 1. The number of benzene rings is 1. The van der Waals surface area contributed by atoms with E-state index in [9.17, 15) is 9.18 Å². The molecule has 1 aromatic carbocycles. The molecule has 0 radical (unpaired) electrons. The van der Waals surface area contributed by atoms with Gasteiger partial charge in [-0.15, -0.1) is 0 Å². The number of rotatable bonds is 7. The Morgan fingerprint density at radius 1 is 1.42 bits per heavy atom. The third-order valence-corrected chi connectivity index (χ3v) is 2.96. The van der Waals surface area contributed by atoms with Crippen molar-refractivity contribution in [3.05, 3.63) is 34.6 Å². The Hall–Kier alpha value is -1.13. The van der Waals surface area contributed by atoms with Crippen LogP contribution in [0.3, 0.4) is 0 Å². The highest BCUT2D eigenvalue weighted by Crippen LogP contribution is 2.19. The molecule has 1 rings (SSSR count). The molecule has 0 aliphatic carbocycles. The molecule has 0 saturated heterocycles. The van der Waals surface area contributed by atoms with Gasteiger partial charge in [0.05, 0.1) is 13.2 Å². The molecule has 0 saturated carbocycles. The lowest BCUT2D eigenvalue weighted by atomic mass is 10.2. The van der Waals surface area contributed by atoms with E-state index in [0.717, 1.165) is 18.5 Å². The van der Waals surface area contributed by atoms with E-state index in [2.05, 4.69) is 0 Å². The van der Waals surface area contributed by atoms with Gasteiger partial charge in [-0.25, -0.2) is 4.39 Å². The monoisotopic (exact) mass is 287 g/mol. The van der Waals surface area contributed by atoms with Crippen molar-refractivity contribution in [2.24, 2.45) is 0 Å². The Labute approximate surface area is 118 Å². The van der Waals surface area contributed by atoms with Crippen LogP contribution >= 0.6 is 11.6 Å². The van der Waals surface area contributed by atoms with Crippen LogP contribution < -0.4 is 0 Å². The number of carbonyl (C=O) groups is 1. The van der Waals surface area contributed by atoms with Gasteiger partial charge in [0.2, 0.25) is 0 Å². The molecule has 5 heteroatoms. The van der Waals surface area contributed by atoms with Crippen molar-refractivity contribution >= 4 is 17.6 Å². The maximum atomic E-state index is 13.0. The highest BCUT2D eigenvalue weighted by molar-refractivity contribution is 6.31. The summed E-state index contributed by atoms with van der Waals surface area (Å²) in [6, 6.07) is 4.30. The number of hydrogen-bond donors (Lipinski definition) is 0. The zero-order valence-corrected chi connectivity index (χ0v) is 12.0. The number of ether oxygens (including phenoxy) is 1.